The van der Waals surface area contributed by atoms with Gasteiger partial charge >= 0.3 is 0 Å². The number of nitrogens with one attached hydrogen (secondary N) is 1. The van der Waals surface area contributed by atoms with Gasteiger partial charge in [0.15, 0.2) is 5.82 Å². The summed E-state index contributed by atoms with van der Waals surface area (Å²) in [5.41, 5.74) is 2.18. The van der Waals surface area contributed by atoms with Gasteiger partial charge in [0.2, 0.25) is 5.91 Å². The van der Waals surface area contributed by atoms with Crippen molar-refractivity contribution in [1.82, 2.24) is 20.4 Å². The van der Waals surface area contributed by atoms with Gasteiger partial charge in [-0.05, 0) is 43.1 Å². The molecule has 32 heavy (non-hydrogen) atoms. The van der Waals surface area contributed by atoms with Crippen LogP contribution in [0.1, 0.15) is 36.4 Å². The van der Waals surface area contributed by atoms with Gasteiger partial charge in [0.1, 0.15) is 0 Å². The minimum atomic E-state index is -0.141. The van der Waals surface area contributed by atoms with Crippen LogP contribution in [0.25, 0.3) is 0 Å². The molecule has 1 amide bonds. The van der Waals surface area contributed by atoms with Gasteiger partial charge in [-0.15, -0.1) is 5.10 Å². The number of amides is 1. The van der Waals surface area contributed by atoms with E-state index in [1.807, 2.05) is 48.5 Å². The number of rotatable bonds is 9. The van der Waals surface area contributed by atoms with Crippen molar-refractivity contribution in [2.75, 3.05) is 31.6 Å². The van der Waals surface area contributed by atoms with Gasteiger partial charge in [0.05, 0.1) is 6.04 Å². The van der Waals surface area contributed by atoms with E-state index >= 15 is 0 Å². The molecule has 6 nitrogen and oxygen atoms in total. The fourth-order valence-electron chi connectivity index (χ4n) is 4.40. The lowest BCUT2D eigenvalue weighted by Crippen LogP contribution is -2.40. The monoisotopic (exact) mass is 429 g/mol. The van der Waals surface area contributed by atoms with E-state index < -0.39 is 0 Å². The van der Waals surface area contributed by atoms with Crippen molar-refractivity contribution >= 4 is 11.7 Å². The number of hydrogen-bond acceptors (Lipinski definition) is 5. The van der Waals surface area contributed by atoms with Crippen LogP contribution in [0.3, 0.4) is 0 Å². The summed E-state index contributed by atoms with van der Waals surface area (Å²) < 4.78 is 0. The minimum absolute atomic E-state index is 0.0618. The van der Waals surface area contributed by atoms with Crippen LogP contribution >= 0.6 is 0 Å². The summed E-state index contributed by atoms with van der Waals surface area (Å²) in [6, 6.07) is 24.5. The molecular formula is C26H31N5O. The van der Waals surface area contributed by atoms with Crippen LogP contribution in [-0.4, -0.2) is 53.7 Å². The van der Waals surface area contributed by atoms with Crippen molar-refractivity contribution in [3.63, 3.8) is 0 Å². The standard InChI is InChI=1S/C26H31N5O/c1-30(20-23-14-9-18-31(23)24-15-8-17-27-29-24)19-16-25(32)28-26(21-10-4-2-5-11-21)22-12-6-3-7-13-22/h2-8,10-13,15,17,23,26H,9,14,16,18-20H2,1H3,(H,28,32). The summed E-state index contributed by atoms with van der Waals surface area (Å²) in [7, 11) is 2.09. The maximum Gasteiger partial charge on any atom is 0.222 e. The van der Waals surface area contributed by atoms with Gasteiger partial charge in [0.25, 0.3) is 0 Å². The normalized spacial score (nSPS) is 16.0. The summed E-state index contributed by atoms with van der Waals surface area (Å²) in [5, 5.41) is 11.5. The van der Waals surface area contributed by atoms with Crippen LogP contribution in [0.5, 0.6) is 0 Å². The van der Waals surface area contributed by atoms with E-state index in [0.717, 1.165) is 42.9 Å². The zero-order valence-corrected chi connectivity index (χ0v) is 18.6. The van der Waals surface area contributed by atoms with Crippen LogP contribution in [-0.2, 0) is 4.79 Å². The van der Waals surface area contributed by atoms with Crippen molar-refractivity contribution in [2.24, 2.45) is 0 Å². The molecular weight excluding hydrogens is 398 g/mol. The molecule has 1 aromatic heterocycles. The molecule has 6 heteroatoms. The van der Waals surface area contributed by atoms with E-state index in [0.29, 0.717) is 19.0 Å². The number of anilines is 1. The third-order valence-electron chi connectivity index (χ3n) is 6.04. The predicted octanol–water partition coefficient (Wildman–Crippen LogP) is 3.67. The Hall–Kier alpha value is -3.25. The molecule has 0 bridgehead atoms. The molecule has 1 saturated heterocycles. The first-order chi connectivity index (χ1) is 15.7. The van der Waals surface area contributed by atoms with Gasteiger partial charge in [-0.1, -0.05) is 60.7 Å². The van der Waals surface area contributed by atoms with Crippen LogP contribution in [0.2, 0.25) is 0 Å². The van der Waals surface area contributed by atoms with E-state index in [1.165, 1.54) is 0 Å². The number of carbonyl (C=O) groups is 1. The third-order valence-corrected chi connectivity index (χ3v) is 6.04. The largest absolute Gasteiger partial charge is 0.351 e. The van der Waals surface area contributed by atoms with Crippen molar-refractivity contribution in [3.8, 4) is 0 Å². The third kappa shape index (κ3) is 5.71. The van der Waals surface area contributed by atoms with Crippen molar-refractivity contribution < 1.29 is 4.79 Å². The van der Waals surface area contributed by atoms with Crippen molar-refractivity contribution in [3.05, 3.63) is 90.1 Å². The van der Waals surface area contributed by atoms with Crippen molar-refractivity contribution in [2.45, 2.75) is 31.3 Å². The van der Waals surface area contributed by atoms with Gasteiger partial charge < -0.3 is 15.1 Å². The van der Waals surface area contributed by atoms with Gasteiger partial charge in [-0.3, -0.25) is 4.79 Å². The Kier molecular flexibility index (Phi) is 7.46. The quantitative estimate of drug-likeness (QED) is 0.562. The molecule has 2 heterocycles. The lowest BCUT2D eigenvalue weighted by Gasteiger charge is -2.29. The maximum absolute atomic E-state index is 12.9. The number of hydrogen-bond donors (Lipinski definition) is 1. The molecule has 0 saturated carbocycles. The molecule has 1 N–H and O–H groups in total. The highest BCUT2D eigenvalue weighted by molar-refractivity contribution is 5.77. The van der Waals surface area contributed by atoms with Crippen molar-refractivity contribution in [1.29, 1.82) is 0 Å². The summed E-state index contributed by atoms with van der Waals surface area (Å²) in [4.78, 5) is 17.4. The molecule has 1 unspecified atom stereocenters. The Balaban J connectivity index is 1.32. The lowest BCUT2D eigenvalue weighted by atomic mass is 9.98. The van der Waals surface area contributed by atoms with Crippen LogP contribution < -0.4 is 10.2 Å². The Morgan fingerprint density at radius 1 is 1.06 bits per heavy atom. The zero-order chi connectivity index (χ0) is 22.2. The maximum atomic E-state index is 12.9. The van der Waals surface area contributed by atoms with E-state index in [9.17, 15) is 4.79 Å². The predicted molar refractivity (Wildman–Crippen MR) is 127 cm³/mol. The molecule has 1 fully saturated rings. The zero-order valence-electron chi connectivity index (χ0n) is 18.6. The van der Waals surface area contributed by atoms with Crippen LogP contribution in [0.15, 0.2) is 79.0 Å². The Morgan fingerprint density at radius 2 is 1.75 bits per heavy atom. The second kappa shape index (κ2) is 10.9. The smallest absolute Gasteiger partial charge is 0.222 e. The Bertz CT molecular complexity index is 928. The fourth-order valence-corrected chi connectivity index (χ4v) is 4.40. The first kappa shape index (κ1) is 22.0. The SMILES string of the molecule is CN(CCC(=O)NC(c1ccccc1)c1ccccc1)CC1CCCN1c1cccnn1. The topological polar surface area (TPSA) is 61.4 Å². The Morgan fingerprint density at radius 3 is 2.38 bits per heavy atom. The molecule has 2 aromatic carbocycles. The van der Waals surface area contributed by atoms with Crippen LogP contribution in [0, 0.1) is 0 Å². The van der Waals surface area contributed by atoms with E-state index in [4.69, 9.17) is 0 Å². The lowest BCUT2D eigenvalue weighted by molar-refractivity contribution is -0.121. The molecule has 0 spiro atoms. The van der Waals surface area contributed by atoms with E-state index in [2.05, 4.69) is 56.6 Å². The Labute approximate surface area is 190 Å². The molecule has 1 aliphatic heterocycles. The second-order valence-corrected chi connectivity index (χ2v) is 8.41. The molecule has 0 radical (unpaired) electrons. The first-order valence-corrected chi connectivity index (χ1v) is 11.3. The molecule has 0 aliphatic carbocycles. The second-order valence-electron chi connectivity index (χ2n) is 8.41. The highest BCUT2D eigenvalue weighted by atomic mass is 16.1. The number of likely N-dealkylation sites (N-methyl/N-ethyl adjacent to an activating group) is 1. The molecule has 3 aromatic rings. The molecule has 1 aliphatic rings. The molecule has 4 rings (SSSR count). The highest BCUT2D eigenvalue weighted by Crippen LogP contribution is 2.24. The minimum Gasteiger partial charge on any atom is -0.351 e. The van der Waals surface area contributed by atoms with E-state index in [-0.39, 0.29) is 11.9 Å². The summed E-state index contributed by atoms with van der Waals surface area (Å²) in [5.74, 6) is 1.00. The number of aromatic nitrogens is 2. The highest BCUT2D eigenvalue weighted by Gasteiger charge is 2.27. The van der Waals surface area contributed by atoms with Gasteiger partial charge in [-0.25, -0.2) is 0 Å². The fraction of sp³-hybridized carbons (Fsp3) is 0.346. The molecule has 166 valence electrons. The van der Waals surface area contributed by atoms with E-state index in [1.54, 1.807) is 6.20 Å². The molecule has 1 atom stereocenters. The average molecular weight is 430 g/mol. The average Bonchev–Trinajstić information content (AvgIpc) is 3.31. The summed E-state index contributed by atoms with van der Waals surface area (Å²) >= 11 is 0. The number of benzene rings is 2. The number of nitrogens with zero attached hydrogens (tertiary/aromatic N) is 4. The summed E-state index contributed by atoms with van der Waals surface area (Å²) in [6.45, 7) is 2.63. The number of carbonyl (C=O) groups excluding carboxylic acids is 1. The van der Waals surface area contributed by atoms with Gasteiger partial charge in [-0.2, -0.15) is 5.10 Å². The summed E-state index contributed by atoms with van der Waals surface area (Å²) in [6.07, 6.45) is 4.46. The first-order valence-electron chi connectivity index (χ1n) is 11.3. The van der Waals surface area contributed by atoms with Gasteiger partial charge in [0, 0.05) is 38.3 Å². The van der Waals surface area contributed by atoms with Crippen LogP contribution in [0.4, 0.5) is 5.82 Å².